The molecule has 0 aliphatic rings. The van der Waals surface area contributed by atoms with Crippen LogP contribution in [0.5, 0.6) is 5.75 Å². The lowest BCUT2D eigenvalue weighted by Crippen LogP contribution is -2.12. The van der Waals surface area contributed by atoms with Gasteiger partial charge in [0.2, 0.25) is 0 Å². The van der Waals surface area contributed by atoms with Crippen LogP contribution in [0.3, 0.4) is 0 Å². The van der Waals surface area contributed by atoms with Crippen molar-refractivity contribution in [2.24, 2.45) is 0 Å². The van der Waals surface area contributed by atoms with Crippen molar-refractivity contribution < 1.29 is 14.3 Å². The van der Waals surface area contributed by atoms with Gasteiger partial charge < -0.3 is 9.47 Å². The van der Waals surface area contributed by atoms with Crippen LogP contribution < -0.4 is 4.74 Å². The summed E-state index contributed by atoms with van der Waals surface area (Å²) in [5.41, 5.74) is 2.49. The summed E-state index contributed by atoms with van der Waals surface area (Å²) in [5.74, 6) is 0.610. The van der Waals surface area contributed by atoms with E-state index in [1.807, 2.05) is 24.3 Å². The number of aryl methyl sites for hydroxylation is 2. The van der Waals surface area contributed by atoms with Gasteiger partial charge in [0.25, 0.3) is 0 Å². The highest BCUT2D eigenvalue weighted by Gasteiger charge is 2.17. The molecule has 0 N–H and O–H groups in total. The number of carbonyl (C=O) groups excluding carboxylic acids is 1. The Bertz CT molecular complexity index is 928. The van der Waals surface area contributed by atoms with Crippen LogP contribution in [-0.2, 0) is 17.6 Å². The van der Waals surface area contributed by atoms with Gasteiger partial charge in [-0.3, -0.25) is 0 Å². The maximum absolute atomic E-state index is 12.3. The van der Waals surface area contributed by atoms with Gasteiger partial charge in [-0.05, 0) is 47.2 Å². The minimum Gasteiger partial charge on any atom is -0.434 e. The van der Waals surface area contributed by atoms with E-state index in [1.54, 1.807) is 0 Å². The lowest BCUT2D eigenvalue weighted by Gasteiger charge is -2.15. The van der Waals surface area contributed by atoms with Crippen LogP contribution in [-0.4, -0.2) is 12.8 Å². The number of ether oxygens (including phenoxy) is 2. The predicted molar refractivity (Wildman–Crippen MR) is 107 cm³/mol. The van der Waals surface area contributed by atoms with Gasteiger partial charge in [0, 0.05) is 10.8 Å². The van der Waals surface area contributed by atoms with Crippen LogP contribution in [0.1, 0.15) is 44.7 Å². The van der Waals surface area contributed by atoms with Crippen molar-refractivity contribution in [3.63, 3.8) is 0 Å². The second kappa shape index (κ2) is 8.22. The molecular formula is C23H26O3. The van der Waals surface area contributed by atoms with Gasteiger partial charge in [-0.2, -0.15) is 0 Å². The zero-order chi connectivity index (χ0) is 18.5. The summed E-state index contributed by atoms with van der Waals surface area (Å²) in [6.07, 6.45) is 3.04. The van der Waals surface area contributed by atoms with Crippen molar-refractivity contribution in [2.75, 3.05) is 6.61 Å². The van der Waals surface area contributed by atoms with Crippen LogP contribution in [0, 0.1) is 0 Å². The van der Waals surface area contributed by atoms with Crippen molar-refractivity contribution in [1.82, 2.24) is 0 Å². The third-order valence-corrected chi connectivity index (χ3v) is 4.75. The first-order valence-corrected chi connectivity index (χ1v) is 9.49. The molecule has 0 unspecified atom stereocenters. The first-order chi connectivity index (χ1) is 12.7. The quantitative estimate of drug-likeness (QED) is 0.222. The van der Waals surface area contributed by atoms with Crippen molar-refractivity contribution >= 4 is 27.7 Å². The molecule has 0 aliphatic carbocycles. The molecule has 3 nitrogen and oxygen atoms in total. The van der Waals surface area contributed by atoms with Crippen LogP contribution in [0.25, 0.3) is 21.5 Å². The third kappa shape index (κ3) is 3.67. The number of hydrogen-bond acceptors (Lipinski definition) is 3. The number of carbonyl (C=O) groups is 1. The molecule has 0 bridgehead atoms. The van der Waals surface area contributed by atoms with E-state index >= 15 is 0 Å². The summed E-state index contributed by atoms with van der Waals surface area (Å²) in [4.78, 5) is 12.3. The van der Waals surface area contributed by atoms with E-state index in [0.29, 0.717) is 12.4 Å². The Balaban J connectivity index is 2.17. The number of rotatable bonds is 6. The van der Waals surface area contributed by atoms with E-state index in [2.05, 4.69) is 39.0 Å². The number of fused-ring (bicyclic) bond motifs is 2. The summed E-state index contributed by atoms with van der Waals surface area (Å²) in [6, 6.07) is 14.6. The van der Waals surface area contributed by atoms with E-state index < -0.39 is 6.16 Å². The molecular weight excluding hydrogens is 324 g/mol. The maximum atomic E-state index is 12.3. The SMILES string of the molecule is CCCCOC(=O)Oc1c2ccccc2cc2cc(CC)cc(CC)c12. The van der Waals surface area contributed by atoms with E-state index in [-0.39, 0.29) is 0 Å². The predicted octanol–water partition coefficient (Wildman–Crippen LogP) is 6.43. The van der Waals surface area contributed by atoms with Crippen LogP contribution in [0.4, 0.5) is 4.79 Å². The Kier molecular flexibility index (Phi) is 5.77. The summed E-state index contributed by atoms with van der Waals surface area (Å²) < 4.78 is 11.0. The Labute approximate surface area is 154 Å². The van der Waals surface area contributed by atoms with Crippen LogP contribution in [0.2, 0.25) is 0 Å². The first kappa shape index (κ1) is 18.2. The molecule has 0 saturated carbocycles. The molecule has 0 saturated heterocycles. The van der Waals surface area contributed by atoms with Gasteiger partial charge in [0.05, 0.1) is 6.61 Å². The van der Waals surface area contributed by atoms with E-state index in [4.69, 9.17) is 9.47 Å². The number of benzene rings is 3. The molecule has 3 heteroatoms. The molecule has 0 spiro atoms. The van der Waals surface area contributed by atoms with Gasteiger partial charge in [0.1, 0.15) is 5.75 Å². The number of unbranched alkanes of at least 4 members (excludes halogenated alkanes) is 1. The topological polar surface area (TPSA) is 35.5 Å². The molecule has 136 valence electrons. The molecule has 3 aromatic carbocycles. The van der Waals surface area contributed by atoms with E-state index in [1.165, 1.54) is 11.1 Å². The normalized spacial score (nSPS) is 11.0. The van der Waals surface area contributed by atoms with Gasteiger partial charge >= 0.3 is 6.16 Å². The zero-order valence-corrected chi connectivity index (χ0v) is 15.8. The van der Waals surface area contributed by atoms with Gasteiger partial charge in [-0.1, -0.05) is 63.6 Å². The Hall–Kier alpha value is -2.55. The highest BCUT2D eigenvalue weighted by molar-refractivity contribution is 6.07. The summed E-state index contributed by atoms with van der Waals surface area (Å²) in [6.45, 7) is 6.74. The molecule has 3 rings (SSSR count). The fourth-order valence-corrected chi connectivity index (χ4v) is 3.32. The fraction of sp³-hybridized carbons (Fsp3) is 0.348. The lowest BCUT2D eigenvalue weighted by atomic mass is 9.94. The lowest BCUT2D eigenvalue weighted by molar-refractivity contribution is 0.0988. The average Bonchev–Trinajstić information content (AvgIpc) is 2.66. The van der Waals surface area contributed by atoms with Gasteiger partial charge in [-0.15, -0.1) is 0 Å². The molecule has 0 amide bonds. The smallest absolute Gasteiger partial charge is 0.434 e. The molecule has 0 heterocycles. The Morgan fingerprint density at radius 2 is 1.77 bits per heavy atom. The van der Waals surface area contributed by atoms with Crippen molar-refractivity contribution in [3.05, 3.63) is 53.6 Å². The molecule has 26 heavy (non-hydrogen) atoms. The second-order valence-corrected chi connectivity index (χ2v) is 6.54. The summed E-state index contributed by atoms with van der Waals surface area (Å²) in [5, 5.41) is 4.12. The molecule has 3 aromatic rings. The van der Waals surface area contributed by atoms with E-state index in [9.17, 15) is 4.79 Å². The fourth-order valence-electron chi connectivity index (χ4n) is 3.32. The largest absolute Gasteiger partial charge is 0.513 e. The highest BCUT2D eigenvalue weighted by atomic mass is 16.7. The summed E-state index contributed by atoms with van der Waals surface area (Å²) in [7, 11) is 0. The number of hydrogen-bond donors (Lipinski definition) is 0. The minimum absolute atomic E-state index is 0.388. The van der Waals surface area contributed by atoms with Crippen LogP contribution >= 0.6 is 0 Å². The molecule has 0 fully saturated rings. The Morgan fingerprint density at radius 3 is 2.50 bits per heavy atom. The van der Waals surface area contributed by atoms with Crippen molar-refractivity contribution in [1.29, 1.82) is 0 Å². The average molecular weight is 350 g/mol. The minimum atomic E-state index is -0.627. The highest BCUT2D eigenvalue weighted by Crippen LogP contribution is 2.38. The Morgan fingerprint density at radius 1 is 0.962 bits per heavy atom. The van der Waals surface area contributed by atoms with Gasteiger partial charge in [-0.25, -0.2) is 4.79 Å². The summed E-state index contributed by atoms with van der Waals surface area (Å²) >= 11 is 0. The molecule has 0 radical (unpaired) electrons. The standard InChI is InChI=1S/C23H26O3/c1-4-7-12-25-23(24)26-22-20-11-9-8-10-18(20)15-19-14-16(5-2)13-17(6-3)21(19)22/h8-11,13-15H,4-7,12H2,1-3H3. The second-order valence-electron chi connectivity index (χ2n) is 6.54. The molecule has 0 aliphatic heterocycles. The molecule has 0 aromatic heterocycles. The maximum Gasteiger partial charge on any atom is 0.513 e. The first-order valence-electron chi connectivity index (χ1n) is 9.49. The third-order valence-electron chi connectivity index (χ3n) is 4.75. The monoisotopic (exact) mass is 350 g/mol. The van der Waals surface area contributed by atoms with Crippen LogP contribution in [0.15, 0.2) is 42.5 Å². The van der Waals surface area contributed by atoms with Crippen molar-refractivity contribution in [3.8, 4) is 5.75 Å². The van der Waals surface area contributed by atoms with Crippen molar-refractivity contribution in [2.45, 2.75) is 46.5 Å². The van der Waals surface area contributed by atoms with E-state index in [0.717, 1.165) is 47.2 Å². The zero-order valence-electron chi connectivity index (χ0n) is 15.8. The van der Waals surface area contributed by atoms with Gasteiger partial charge in [0.15, 0.2) is 0 Å². The molecule has 0 atom stereocenters.